The van der Waals surface area contributed by atoms with E-state index in [1.807, 2.05) is 0 Å². The van der Waals surface area contributed by atoms with E-state index in [0.717, 1.165) is 24.3 Å². The Hall–Kier alpha value is -4.28. The average Bonchev–Trinajstić information content (AvgIpc) is 3.10. The van der Waals surface area contributed by atoms with Crippen LogP contribution < -0.4 is 0 Å². The lowest BCUT2D eigenvalue weighted by atomic mass is 10.0. The lowest BCUT2D eigenvalue weighted by Gasteiger charge is -2.50. The highest BCUT2D eigenvalue weighted by molar-refractivity contribution is 5.86. The Morgan fingerprint density at radius 2 is 0.647 bits per heavy atom. The quantitative estimate of drug-likeness (QED) is 0.0144. The summed E-state index contributed by atoms with van der Waals surface area (Å²) in [6.07, 6.45) is 3.18. The zero-order chi connectivity index (χ0) is 39.4. The minimum absolute atomic E-state index is 0.261. The third-order valence-corrected chi connectivity index (χ3v) is 6.97. The summed E-state index contributed by atoms with van der Waals surface area (Å²) < 4.78 is 19.4. The number of allylic oxidation sites excluding steroid dienone is 4. The van der Waals surface area contributed by atoms with Gasteiger partial charge >= 0.3 is 29.7 Å². The predicted octanol–water partition coefficient (Wildman–Crippen LogP) is -0.871. The molecule has 51 heavy (non-hydrogen) atoms. The first-order valence-electron chi connectivity index (χ1n) is 15.7. The molecule has 292 valence electrons. The molecular formula is C31H50N2O18. The van der Waals surface area contributed by atoms with Crippen molar-refractivity contribution in [3.63, 3.8) is 0 Å². The summed E-state index contributed by atoms with van der Waals surface area (Å²) in [6, 6.07) is 0. The summed E-state index contributed by atoms with van der Waals surface area (Å²) >= 11 is 0. The van der Waals surface area contributed by atoms with Crippen molar-refractivity contribution in [1.29, 1.82) is 0 Å². The second-order valence-corrected chi connectivity index (χ2v) is 10.6. The highest BCUT2D eigenvalue weighted by Gasteiger charge is 2.66. The SMILES string of the molecule is CC=C(O)C(=O)OCCCN(CCCOC(=O)C(O)=CC)C(O)(O)C(O)(O)C(O)(O)N(CCCOC(=O)C(O)=CC)CCCOC(=O)C(O)=CC. The van der Waals surface area contributed by atoms with Gasteiger partial charge in [0.2, 0.25) is 0 Å². The van der Waals surface area contributed by atoms with Crippen LogP contribution in [0.4, 0.5) is 0 Å². The Balaban J connectivity index is 6.24. The number of esters is 4. The predicted molar refractivity (Wildman–Crippen MR) is 172 cm³/mol. The molecule has 0 heterocycles. The van der Waals surface area contributed by atoms with Crippen molar-refractivity contribution in [3.05, 3.63) is 47.3 Å². The molecule has 0 aliphatic rings. The minimum atomic E-state index is -4.29. The number of rotatable bonds is 24. The maximum Gasteiger partial charge on any atom is 0.373 e. The van der Waals surface area contributed by atoms with Gasteiger partial charge in [0.1, 0.15) is 0 Å². The summed E-state index contributed by atoms with van der Waals surface area (Å²) in [7, 11) is 0. The fourth-order valence-corrected chi connectivity index (χ4v) is 3.96. The van der Waals surface area contributed by atoms with Crippen LogP contribution in [0.25, 0.3) is 0 Å². The van der Waals surface area contributed by atoms with Crippen molar-refractivity contribution < 1.29 is 89.2 Å². The topological polar surface area (TPSA) is 314 Å². The lowest BCUT2D eigenvalue weighted by molar-refractivity contribution is -0.511. The molecule has 0 aromatic rings. The highest BCUT2D eigenvalue weighted by Crippen LogP contribution is 2.34. The minimum Gasteiger partial charge on any atom is -0.502 e. The molecule has 0 spiro atoms. The second-order valence-electron chi connectivity index (χ2n) is 10.6. The molecule has 10 N–H and O–H groups in total. The highest BCUT2D eigenvalue weighted by atomic mass is 16.7. The van der Waals surface area contributed by atoms with Gasteiger partial charge in [-0.05, 0) is 77.7 Å². The molecule has 0 radical (unpaired) electrons. The molecule has 0 aliphatic heterocycles. The summed E-state index contributed by atoms with van der Waals surface area (Å²) in [4.78, 5) is 48.1. The molecule has 0 amide bonds. The number of nitrogens with zero attached hydrogens (tertiary/aromatic N) is 2. The van der Waals surface area contributed by atoms with Crippen LogP contribution in [-0.4, -0.2) is 155 Å². The van der Waals surface area contributed by atoms with E-state index < -0.39 is 117 Å². The van der Waals surface area contributed by atoms with Gasteiger partial charge in [-0.1, -0.05) is 0 Å². The van der Waals surface area contributed by atoms with Gasteiger partial charge in [0.15, 0.2) is 23.0 Å². The fraction of sp³-hybridized carbons (Fsp3) is 0.613. The average molecular weight is 739 g/mol. The maximum atomic E-state index is 11.8. The number of ether oxygens (including phenoxy) is 4. The van der Waals surface area contributed by atoms with E-state index >= 15 is 0 Å². The molecule has 0 aromatic heterocycles. The van der Waals surface area contributed by atoms with Crippen molar-refractivity contribution in [2.24, 2.45) is 0 Å². The first-order valence-corrected chi connectivity index (χ1v) is 15.7. The molecule has 20 heteroatoms. The Morgan fingerprint density at radius 3 is 0.824 bits per heavy atom. The zero-order valence-electron chi connectivity index (χ0n) is 28.9. The molecule has 0 saturated carbocycles. The first kappa shape index (κ1) is 46.7. The summed E-state index contributed by atoms with van der Waals surface area (Å²) in [5.74, 6) is -19.5. The molecule has 0 aliphatic carbocycles. The largest absolute Gasteiger partial charge is 0.502 e. The summed E-state index contributed by atoms with van der Waals surface area (Å²) in [5, 5.41) is 105. The van der Waals surface area contributed by atoms with E-state index in [0.29, 0.717) is 9.80 Å². The molecule has 0 saturated heterocycles. The number of carbonyl (C=O) groups is 4. The number of hydrogen-bond donors (Lipinski definition) is 10. The Kier molecular flexibility index (Phi) is 20.6. The monoisotopic (exact) mass is 738 g/mol. The molecule has 0 atom stereocenters. The van der Waals surface area contributed by atoms with Gasteiger partial charge in [-0.3, -0.25) is 0 Å². The van der Waals surface area contributed by atoms with Crippen molar-refractivity contribution in [2.45, 2.75) is 71.0 Å². The molecule has 0 unspecified atom stereocenters. The maximum absolute atomic E-state index is 11.8. The lowest BCUT2D eigenvalue weighted by Crippen LogP contribution is -2.78. The van der Waals surface area contributed by atoms with Gasteiger partial charge in [0.05, 0.1) is 26.4 Å². The van der Waals surface area contributed by atoms with Crippen LogP contribution in [-0.2, 0) is 38.1 Å². The fourth-order valence-electron chi connectivity index (χ4n) is 3.96. The van der Waals surface area contributed by atoms with Crippen molar-refractivity contribution in [1.82, 2.24) is 9.80 Å². The van der Waals surface area contributed by atoms with Gasteiger partial charge in [-0.15, -0.1) is 0 Å². The molecule has 20 nitrogen and oxygen atoms in total. The Bertz CT molecular complexity index is 1100. The smallest absolute Gasteiger partial charge is 0.373 e. The molecule has 0 rings (SSSR count). The number of carbonyl (C=O) groups excluding carboxylic acids is 4. The van der Waals surface area contributed by atoms with Crippen molar-refractivity contribution >= 4 is 23.9 Å². The van der Waals surface area contributed by atoms with E-state index in [9.17, 15) is 70.2 Å². The van der Waals surface area contributed by atoms with Gasteiger partial charge < -0.3 is 70.0 Å². The normalized spacial score (nSPS) is 13.7. The van der Waals surface area contributed by atoms with E-state index in [-0.39, 0.29) is 25.7 Å². The van der Waals surface area contributed by atoms with Gasteiger partial charge in [0, 0.05) is 26.2 Å². The van der Waals surface area contributed by atoms with E-state index in [4.69, 9.17) is 18.9 Å². The number of hydrogen-bond acceptors (Lipinski definition) is 20. The molecule has 0 aromatic carbocycles. The standard InChI is InChI=1S/C31H50N2O18/c1-5-21(34)25(38)48-17-9-13-32(14-10-18-49-26(39)22(35)6-2)30(44,45)29(42,43)31(46,47)33(15-11-19-50-27(40)23(36)7-3)16-12-20-51-28(41)24(37)8-4/h5-8,34-37,42-47H,9-20H2,1-4H3. The van der Waals surface area contributed by atoms with E-state index in [1.165, 1.54) is 27.7 Å². The van der Waals surface area contributed by atoms with Gasteiger partial charge in [-0.25, -0.2) is 29.0 Å². The van der Waals surface area contributed by atoms with Crippen LogP contribution in [0.15, 0.2) is 47.3 Å². The molecule has 0 bridgehead atoms. The van der Waals surface area contributed by atoms with Crippen LogP contribution in [0.5, 0.6) is 0 Å². The Labute approximate surface area is 293 Å². The van der Waals surface area contributed by atoms with Gasteiger partial charge in [0.25, 0.3) is 11.8 Å². The van der Waals surface area contributed by atoms with Crippen molar-refractivity contribution in [2.75, 3.05) is 52.6 Å². The van der Waals surface area contributed by atoms with Crippen LogP contribution >= 0.6 is 0 Å². The molecular weight excluding hydrogens is 688 g/mol. The summed E-state index contributed by atoms with van der Waals surface area (Å²) in [5.41, 5.74) is 0. The third-order valence-electron chi connectivity index (χ3n) is 6.97. The third kappa shape index (κ3) is 14.5. The van der Waals surface area contributed by atoms with Gasteiger partial charge in [-0.2, -0.15) is 0 Å². The second kappa shape index (κ2) is 22.5. The number of aliphatic hydroxyl groups excluding tert-OH is 4. The Morgan fingerprint density at radius 1 is 0.451 bits per heavy atom. The van der Waals surface area contributed by atoms with E-state index in [2.05, 4.69) is 0 Å². The van der Waals surface area contributed by atoms with E-state index in [1.54, 1.807) is 0 Å². The van der Waals surface area contributed by atoms with Crippen molar-refractivity contribution in [3.8, 4) is 0 Å². The van der Waals surface area contributed by atoms with Crippen LogP contribution in [0, 0.1) is 0 Å². The molecule has 0 fully saturated rings. The van der Waals surface area contributed by atoms with Crippen LogP contribution in [0.1, 0.15) is 53.4 Å². The summed E-state index contributed by atoms with van der Waals surface area (Å²) in [6.45, 7) is 1.41. The zero-order valence-corrected chi connectivity index (χ0v) is 28.9. The first-order chi connectivity index (χ1) is 23.8. The van der Waals surface area contributed by atoms with Crippen LogP contribution in [0.2, 0.25) is 0 Å². The number of aliphatic hydroxyl groups is 10. The van der Waals surface area contributed by atoms with Crippen LogP contribution in [0.3, 0.4) is 0 Å².